The van der Waals surface area contributed by atoms with Gasteiger partial charge in [-0.3, -0.25) is 9.62 Å². The maximum Gasteiger partial charge on any atom is 0.321 e. The van der Waals surface area contributed by atoms with Crippen molar-refractivity contribution in [2.24, 2.45) is 0 Å². The summed E-state index contributed by atoms with van der Waals surface area (Å²) in [5, 5.41) is 2.71. The highest BCUT2D eigenvalue weighted by Gasteiger charge is 2.20. The second-order valence-electron chi connectivity index (χ2n) is 4.43. The number of rotatable bonds is 6. The molecule has 110 valence electrons. The van der Waals surface area contributed by atoms with Crippen LogP contribution in [0.4, 0.5) is 16.2 Å². The Morgan fingerprint density at radius 2 is 2.00 bits per heavy atom. The van der Waals surface area contributed by atoms with Gasteiger partial charge in [-0.1, -0.05) is 6.92 Å². The Bertz CT molecular complexity index is 571. The quantitative estimate of drug-likeness (QED) is 0.728. The summed E-state index contributed by atoms with van der Waals surface area (Å²) in [5.41, 5.74) is 1.20. The fourth-order valence-electron chi connectivity index (χ4n) is 1.86. The fourth-order valence-corrected chi connectivity index (χ4v) is 2.85. The number of benzene rings is 1. The monoisotopic (exact) mass is 298 g/mol. The van der Waals surface area contributed by atoms with Crippen LogP contribution in [0.25, 0.3) is 0 Å². The molecule has 0 bridgehead atoms. The van der Waals surface area contributed by atoms with Gasteiger partial charge in [0.1, 0.15) is 0 Å². The molecule has 1 fully saturated rings. The molecule has 2 rings (SSSR count). The molecule has 0 radical (unpaired) electrons. The fraction of sp³-hybridized carbons (Fsp3) is 0.417. The summed E-state index contributed by atoms with van der Waals surface area (Å²) in [4.78, 5) is 13.1. The van der Waals surface area contributed by atoms with E-state index in [-0.39, 0.29) is 6.03 Å². The number of carbonyl (C=O) groups excluding carboxylic acids is 1. The summed E-state index contributed by atoms with van der Waals surface area (Å²) in [6, 6.07) is 6.55. The molecule has 1 heterocycles. The Morgan fingerprint density at radius 1 is 1.30 bits per heavy atom. The van der Waals surface area contributed by atoms with Crippen LogP contribution >= 0.6 is 0 Å². The van der Waals surface area contributed by atoms with E-state index in [4.69, 9.17) is 0 Å². The molecule has 0 spiro atoms. The molecule has 7 nitrogen and oxygen atoms in total. The minimum absolute atomic E-state index is 0.136. The maximum absolute atomic E-state index is 11.7. The first-order chi connectivity index (χ1) is 9.52. The highest BCUT2D eigenvalue weighted by molar-refractivity contribution is 7.90. The highest BCUT2D eigenvalue weighted by atomic mass is 32.2. The number of urea groups is 1. The van der Waals surface area contributed by atoms with Gasteiger partial charge in [0.15, 0.2) is 0 Å². The lowest BCUT2D eigenvalue weighted by atomic mass is 10.2. The third kappa shape index (κ3) is 3.61. The lowest BCUT2D eigenvalue weighted by molar-refractivity contribution is 0.252. The predicted molar refractivity (Wildman–Crippen MR) is 78.0 cm³/mol. The topological polar surface area (TPSA) is 90.5 Å². The molecule has 0 aliphatic carbocycles. The summed E-state index contributed by atoms with van der Waals surface area (Å²) in [7, 11) is -3.53. The number of hydrogen-bond acceptors (Lipinski definition) is 3. The van der Waals surface area contributed by atoms with Crippen molar-refractivity contribution >= 4 is 27.6 Å². The third-order valence-electron chi connectivity index (χ3n) is 2.83. The van der Waals surface area contributed by atoms with Gasteiger partial charge in [0, 0.05) is 31.0 Å². The Labute approximate surface area is 118 Å². The van der Waals surface area contributed by atoms with Gasteiger partial charge in [-0.15, -0.1) is 0 Å². The van der Waals surface area contributed by atoms with E-state index < -0.39 is 10.2 Å². The zero-order valence-corrected chi connectivity index (χ0v) is 12.0. The molecule has 0 atom stereocenters. The van der Waals surface area contributed by atoms with Crippen LogP contribution in [0.1, 0.15) is 13.3 Å². The van der Waals surface area contributed by atoms with E-state index in [9.17, 15) is 13.2 Å². The number of nitrogens with one attached hydrogen (secondary N) is 3. The average molecular weight is 298 g/mol. The van der Waals surface area contributed by atoms with Crippen molar-refractivity contribution in [3.8, 4) is 0 Å². The van der Waals surface area contributed by atoms with E-state index in [1.165, 1.54) is 0 Å². The average Bonchev–Trinajstić information content (AvgIpc) is 2.83. The van der Waals surface area contributed by atoms with Gasteiger partial charge in [-0.2, -0.15) is 13.1 Å². The van der Waals surface area contributed by atoms with E-state index in [0.29, 0.717) is 25.3 Å². The van der Waals surface area contributed by atoms with Crippen molar-refractivity contribution in [2.45, 2.75) is 13.3 Å². The highest BCUT2D eigenvalue weighted by Crippen LogP contribution is 2.19. The number of anilines is 2. The predicted octanol–water partition coefficient (Wildman–Crippen LogP) is 0.872. The molecule has 1 aromatic carbocycles. The van der Waals surface area contributed by atoms with Crippen molar-refractivity contribution in [3.05, 3.63) is 24.3 Å². The van der Waals surface area contributed by atoms with E-state index in [1.807, 2.05) is 6.92 Å². The van der Waals surface area contributed by atoms with Crippen molar-refractivity contribution in [2.75, 3.05) is 29.3 Å². The molecule has 1 saturated heterocycles. The van der Waals surface area contributed by atoms with Crippen molar-refractivity contribution in [1.82, 2.24) is 10.0 Å². The van der Waals surface area contributed by atoms with Crippen LogP contribution in [0.15, 0.2) is 24.3 Å². The Kier molecular flexibility index (Phi) is 4.46. The molecule has 1 aliphatic heterocycles. The molecule has 1 aromatic rings. The van der Waals surface area contributed by atoms with Crippen LogP contribution < -0.4 is 19.7 Å². The summed E-state index contributed by atoms with van der Waals surface area (Å²) in [6.07, 6.45) is 0.726. The van der Waals surface area contributed by atoms with Crippen LogP contribution in [0.2, 0.25) is 0 Å². The van der Waals surface area contributed by atoms with Crippen LogP contribution in [0.5, 0.6) is 0 Å². The molecule has 2 amide bonds. The van der Waals surface area contributed by atoms with Crippen molar-refractivity contribution in [1.29, 1.82) is 0 Å². The first-order valence-electron chi connectivity index (χ1n) is 6.44. The lowest BCUT2D eigenvalue weighted by Crippen LogP contribution is -2.30. The van der Waals surface area contributed by atoms with E-state index >= 15 is 0 Å². The van der Waals surface area contributed by atoms with E-state index in [2.05, 4.69) is 14.8 Å². The zero-order valence-electron chi connectivity index (χ0n) is 11.2. The Morgan fingerprint density at radius 3 is 2.55 bits per heavy atom. The molecule has 0 saturated carbocycles. The van der Waals surface area contributed by atoms with Crippen LogP contribution in [-0.2, 0) is 10.2 Å². The van der Waals surface area contributed by atoms with Crippen LogP contribution in [-0.4, -0.2) is 34.1 Å². The number of carbonyl (C=O) groups is 1. The Hall–Kier alpha value is -1.80. The standard InChI is InChI=1S/C12H18N4O3S/c1-2-7-14-20(18,19)15-10-3-5-11(6-4-10)16-9-8-13-12(16)17/h3-6,14-15H,2,7-9H2,1H3,(H,13,17). The maximum atomic E-state index is 11.7. The van der Waals surface area contributed by atoms with Gasteiger partial charge >= 0.3 is 6.03 Å². The van der Waals surface area contributed by atoms with Gasteiger partial charge in [0.2, 0.25) is 0 Å². The molecule has 0 aromatic heterocycles. The SMILES string of the molecule is CCCNS(=O)(=O)Nc1ccc(N2CCNC2=O)cc1. The molecule has 3 N–H and O–H groups in total. The van der Waals surface area contributed by atoms with Gasteiger partial charge < -0.3 is 5.32 Å². The summed E-state index contributed by atoms with van der Waals surface area (Å²) >= 11 is 0. The first kappa shape index (κ1) is 14.6. The second kappa shape index (κ2) is 6.10. The number of hydrogen-bond donors (Lipinski definition) is 3. The molecule has 20 heavy (non-hydrogen) atoms. The third-order valence-corrected chi connectivity index (χ3v) is 3.92. The smallest absolute Gasteiger partial charge is 0.321 e. The van der Waals surface area contributed by atoms with Crippen molar-refractivity contribution < 1.29 is 13.2 Å². The number of nitrogens with zero attached hydrogens (tertiary/aromatic N) is 1. The van der Waals surface area contributed by atoms with Gasteiger partial charge in [-0.25, -0.2) is 4.79 Å². The summed E-state index contributed by atoms with van der Waals surface area (Å²) < 4.78 is 28.2. The first-order valence-corrected chi connectivity index (χ1v) is 7.93. The molecule has 0 unspecified atom stereocenters. The second-order valence-corrected chi connectivity index (χ2v) is 5.93. The molecule has 8 heteroatoms. The van der Waals surface area contributed by atoms with Gasteiger partial charge in [-0.05, 0) is 30.7 Å². The minimum Gasteiger partial charge on any atom is -0.336 e. The lowest BCUT2D eigenvalue weighted by Gasteiger charge is -2.15. The molecular formula is C12H18N4O3S. The Balaban J connectivity index is 2.03. The van der Waals surface area contributed by atoms with E-state index in [0.717, 1.165) is 12.1 Å². The minimum atomic E-state index is -3.53. The van der Waals surface area contributed by atoms with Crippen molar-refractivity contribution in [3.63, 3.8) is 0 Å². The van der Waals surface area contributed by atoms with Crippen LogP contribution in [0.3, 0.4) is 0 Å². The van der Waals surface area contributed by atoms with Gasteiger partial charge in [0.05, 0.1) is 0 Å². The summed E-state index contributed by atoms with van der Waals surface area (Å²) in [6.45, 7) is 3.51. The number of amides is 2. The van der Waals surface area contributed by atoms with Crippen LogP contribution in [0, 0.1) is 0 Å². The normalized spacial score (nSPS) is 15.2. The summed E-state index contributed by atoms with van der Waals surface area (Å²) in [5.74, 6) is 0. The van der Waals surface area contributed by atoms with Gasteiger partial charge in [0.25, 0.3) is 10.2 Å². The zero-order chi connectivity index (χ0) is 14.6. The van der Waals surface area contributed by atoms with E-state index in [1.54, 1.807) is 29.2 Å². The molecule has 1 aliphatic rings. The molecular weight excluding hydrogens is 280 g/mol. The largest absolute Gasteiger partial charge is 0.336 e.